The van der Waals surface area contributed by atoms with Crippen LogP contribution in [0.15, 0.2) is 29.1 Å². The number of para-hydroxylation sites is 2. The number of carbonyl (C=O) groups is 1. The molecule has 3 aromatic rings. The molecule has 0 radical (unpaired) electrons. The summed E-state index contributed by atoms with van der Waals surface area (Å²) >= 11 is 0. The highest BCUT2D eigenvalue weighted by atomic mass is 16.2. The van der Waals surface area contributed by atoms with Crippen LogP contribution in [-0.2, 0) is 37.9 Å². The Morgan fingerprint density at radius 1 is 1.15 bits per heavy atom. The van der Waals surface area contributed by atoms with Crippen molar-refractivity contribution >= 4 is 16.9 Å². The third-order valence-electron chi connectivity index (χ3n) is 4.98. The normalized spacial score (nSPS) is 14.2. The fraction of sp³-hybridized carbons (Fsp3) is 0.444. The molecule has 0 fully saturated rings. The maximum Gasteiger partial charge on any atom is 0.329 e. The first-order valence-corrected chi connectivity index (χ1v) is 8.97. The van der Waals surface area contributed by atoms with E-state index in [4.69, 9.17) is 0 Å². The highest BCUT2D eigenvalue weighted by Crippen LogP contribution is 2.14. The van der Waals surface area contributed by atoms with Crippen molar-refractivity contribution in [2.75, 3.05) is 0 Å². The number of fused-ring (bicyclic) bond motifs is 2. The molecule has 26 heavy (non-hydrogen) atoms. The van der Waals surface area contributed by atoms with Gasteiger partial charge in [-0.1, -0.05) is 18.6 Å². The van der Waals surface area contributed by atoms with E-state index in [2.05, 4.69) is 20.1 Å². The minimum Gasteiger partial charge on any atom is -0.347 e. The Labute approximate surface area is 150 Å². The molecule has 136 valence electrons. The van der Waals surface area contributed by atoms with Crippen LogP contribution in [0.5, 0.6) is 0 Å². The lowest BCUT2D eigenvalue weighted by Gasteiger charge is -2.08. The van der Waals surface area contributed by atoms with Crippen molar-refractivity contribution < 1.29 is 4.79 Å². The number of imidazole rings is 1. The minimum atomic E-state index is -0.213. The van der Waals surface area contributed by atoms with Crippen molar-refractivity contribution in [1.29, 1.82) is 0 Å². The number of nitrogens with zero attached hydrogens (tertiary/aromatic N) is 5. The Kier molecular flexibility index (Phi) is 4.32. The van der Waals surface area contributed by atoms with Gasteiger partial charge in [0.2, 0.25) is 5.91 Å². The van der Waals surface area contributed by atoms with Crippen molar-refractivity contribution in [3.05, 3.63) is 46.4 Å². The van der Waals surface area contributed by atoms with Gasteiger partial charge in [-0.3, -0.25) is 13.9 Å². The second-order valence-electron chi connectivity index (χ2n) is 6.69. The zero-order valence-corrected chi connectivity index (χ0v) is 14.8. The lowest BCUT2D eigenvalue weighted by molar-refractivity contribution is -0.121. The number of amides is 1. The Morgan fingerprint density at radius 3 is 2.81 bits per heavy atom. The van der Waals surface area contributed by atoms with Gasteiger partial charge in [0.1, 0.15) is 12.4 Å². The zero-order chi connectivity index (χ0) is 18.1. The first-order chi connectivity index (χ1) is 12.6. The smallest absolute Gasteiger partial charge is 0.329 e. The second-order valence-corrected chi connectivity index (χ2v) is 6.69. The van der Waals surface area contributed by atoms with Gasteiger partial charge in [0, 0.05) is 20.0 Å². The molecule has 1 N–H and O–H groups in total. The van der Waals surface area contributed by atoms with Gasteiger partial charge in [0.25, 0.3) is 0 Å². The standard InChI is InChI=1S/C18H22N6O2/c1-22-13-7-4-5-8-14(13)24(18(22)26)12-17(25)19-11-16-21-20-15-9-3-2-6-10-23(15)16/h4-5,7-8H,2-3,6,9-12H2,1H3,(H,19,25). The third-order valence-corrected chi connectivity index (χ3v) is 4.98. The molecular weight excluding hydrogens is 332 g/mol. The molecule has 0 saturated carbocycles. The number of aryl methyl sites for hydroxylation is 2. The van der Waals surface area contributed by atoms with Crippen molar-refractivity contribution in [2.45, 2.75) is 45.3 Å². The summed E-state index contributed by atoms with van der Waals surface area (Å²) < 4.78 is 5.16. The van der Waals surface area contributed by atoms with Crippen LogP contribution in [0.2, 0.25) is 0 Å². The summed E-state index contributed by atoms with van der Waals surface area (Å²) in [5, 5.41) is 11.3. The maximum atomic E-state index is 12.4. The van der Waals surface area contributed by atoms with Crippen molar-refractivity contribution in [2.24, 2.45) is 7.05 Å². The molecule has 1 aliphatic heterocycles. The van der Waals surface area contributed by atoms with Crippen LogP contribution in [0.25, 0.3) is 11.0 Å². The van der Waals surface area contributed by atoms with Crippen LogP contribution < -0.4 is 11.0 Å². The first-order valence-electron chi connectivity index (χ1n) is 8.97. The number of hydrogen-bond donors (Lipinski definition) is 1. The van der Waals surface area contributed by atoms with Crippen LogP contribution in [0.3, 0.4) is 0 Å². The third kappa shape index (κ3) is 2.91. The van der Waals surface area contributed by atoms with E-state index >= 15 is 0 Å². The van der Waals surface area contributed by atoms with Gasteiger partial charge in [-0.2, -0.15) is 0 Å². The summed E-state index contributed by atoms with van der Waals surface area (Å²) in [7, 11) is 1.71. The van der Waals surface area contributed by atoms with E-state index in [0.717, 1.165) is 48.5 Å². The fourth-order valence-electron chi connectivity index (χ4n) is 3.57. The second kappa shape index (κ2) is 6.78. The van der Waals surface area contributed by atoms with Gasteiger partial charge < -0.3 is 9.88 Å². The summed E-state index contributed by atoms with van der Waals surface area (Å²) in [6.45, 7) is 1.21. The number of carbonyl (C=O) groups excluding carboxylic acids is 1. The molecule has 1 aromatic carbocycles. The van der Waals surface area contributed by atoms with E-state index < -0.39 is 0 Å². The van der Waals surface area contributed by atoms with Crippen molar-refractivity contribution in [3.8, 4) is 0 Å². The van der Waals surface area contributed by atoms with Gasteiger partial charge in [0.15, 0.2) is 5.82 Å². The molecule has 0 atom stereocenters. The predicted molar refractivity (Wildman–Crippen MR) is 96.6 cm³/mol. The summed E-state index contributed by atoms with van der Waals surface area (Å²) in [5.41, 5.74) is 1.37. The number of benzene rings is 1. The Bertz CT molecular complexity index is 1010. The summed E-state index contributed by atoms with van der Waals surface area (Å²) in [6.07, 6.45) is 4.37. The summed E-state index contributed by atoms with van der Waals surface area (Å²) in [5.74, 6) is 1.56. The molecule has 0 saturated heterocycles. The average molecular weight is 354 g/mol. The SMILES string of the molecule is Cn1c(=O)n(CC(=O)NCc2nnc3n2CCCCC3)c2ccccc21. The van der Waals surface area contributed by atoms with Gasteiger partial charge in [-0.25, -0.2) is 4.79 Å². The molecule has 0 bridgehead atoms. The van der Waals surface area contributed by atoms with Gasteiger partial charge in [0.05, 0.1) is 17.6 Å². The van der Waals surface area contributed by atoms with Crippen molar-refractivity contribution in [1.82, 2.24) is 29.2 Å². The number of hydrogen-bond acceptors (Lipinski definition) is 4. The zero-order valence-electron chi connectivity index (χ0n) is 14.8. The largest absolute Gasteiger partial charge is 0.347 e. The highest BCUT2D eigenvalue weighted by molar-refractivity contribution is 5.80. The lowest BCUT2D eigenvalue weighted by atomic mass is 10.2. The van der Waals surface area contributed by atoms with E-state index in [9.17, 15) is 9.59 Å². The topological polar surface area (TPSA) is 86.7 Å². The average Bonchev–Trinajstić information content (AvgIpc) is 3.02. The molecule has 2 aromatic heterocycles. The van der Waals surface area contributed by atoms with Crippen LogP contribution in [0, 0.1) is 0 Å². The van der Waals surface area contributed by atoms with Crippen LogP contribution in [0.1, 0.15) is 30.9 Å². The van der Waals surface area contributed by atoms with Crippen LogP contribution >= 0.6 is 0 Å². The highest BCUT2D eigenvalue weighted by Gasteiger charge is 2.16. The minimum absolute atomic E-state index is 0.0127. The molecule has 0 unspecified atom stereocenters. The van der Waals surface area contributed by atoms with Gasteiger partial charge >= 0.3 is 5.69 Å². The molecule has 3 heterocycles. The van der Waals surface area contributed by atoms with Gasteiger partial charge in [-0.15, -0.1) is 10.2 Å². The molecule has 4 rings (SSSR count). The Balaban J connectivity index is 1.48. The molecule has 0 spiro atoms. The number of rotatable bonds is 4. The molecule has 8 nitrogen and oxygen atoms in total. The lowest BCUT2D eigenvalue weighted by Crippen LogP contribution is -2.33. The maximum absolute atomic E-state index is 12.4. The number of nitrogens with one attached hydrogen (secondary N) is 1. The monoisotopic (exact) mass is 354 g/mol. The quantitative estimate of drug-likeness (QED) is 0.756. The van der Waals surface area contributed by atoms with E-state index in [1.807, 2.05) is 24.3 Å². The van der Waals surface area contributed by atoms with Crippen molar-refractivity contribution in [3.63, 3.8) is 0 Å². The fourth-order valence-corrected chi connectivity index (χ4v) is 3.57. The van der Waals surface area contributed by atoms with Gasteiger partial charge in [-0.05, 0) is 25.0 Å². The summed E-state index contributed by atoms with van der Waals surface area (Å²) in [6, 6.07) is 7.46. The number of aromatic nitrogens is 5. The Hall–Kier alpha value is -2.90. The van der Waals surface area contributed by atoms with E-state index in [1.165, 1.54) is 11.0 Å². The van der Waals surface area contributed by atoms with Crippen LogP contribution in [0.4, 0.5) is 0 Å². The summed E-state index contributed by atoms with van der Waals surface area (Å²) in [4.78, 5) is 24.8. The predicted octanol–water partition coefficient (Wildman–Crippen LogP) is 0.974. The van der Waals surface area contributed by atoms with E-state index in [-0.39, 0.29) is 18.1 Å². The van der Waals surface area contributed by atoms with Crippen LogP contribution in [-0.4, -0.2) is 29.8 Å². The molecule has 8 heteroatoms. The molecule has 1 amide bonds. The van der Waals surface area contributed by atoms with E-state index in [0.29, 0.717) is 6.54 Å². The van der Waals surface area contributed by atoms with E-state index in [1.54, 1.807) is 11.6 Å². The molecule has 1 aliphatic rings. The Morgan fingerprint density at radius 2 is 1.96 bits per heavy atom. The first kappa shape index (κ1) is 16.6. The molecular formula is C18H22N6O2. The molecule has 0 aliphatic carbocycles.